The van der Waals surface area contributed by atoms with Gasteiger partial charge in [-0.1, -0.05) is 36.4 Å². The number of nitro groups is 1. The number of aromatic nitrogens is 3. The number of hydrogen-bond donors (Lipinski definition) is 2. The van der Waals surface area contributed by atoms with Gasteiger partial charge in [-0.15, -0.1) is 0 Å². The number of hydrogen-bond acceptors (Lipinski definition) is 7. The van der Waals surface area contributed by atoms with Gasteiger partial charge in [0.1, 0.15) is 16.9 Å². The number of amides is 1. The highest BCUT2D eigenvalue weighted by molar-refractivity contribution is 6.16. The van der Waals surface area contributed by atoms with E-state index in [1.807, 2.05) is 37.3 Å². The van der Waals surface area contributed by atoms with Gasteiger partial charge in [-0.05, 0) is 36.8 Å². The highest BCUT2D eigenvalue weighted by Gasteiger charge is 2.24. The smallest absolute Gasteiger partial charge is 0.270 e. The molecule has 1 amide bonds. The van der Waals surface area contributed by atoms with Gasteiger partial charge in [-0.3, -0.25) is 14.9 Å². The van der Waals surface area contributed by atoms with Crippen molar-refractivity contribution in [2.75, 3.05) is 11.1 Å². The number of para-hydroxylation sites is 2. The SMILES string of the molecule is Cc1cccc(NC(=O)c2c(N)n(/N=C\c3cccc([N+](=O)[O-])c3)c3nc4ccccc4nc23)c1. The van der Waals surface area contributed by atoms with Crippen LogP contribution >= 0.6 is 0 Å². The molecule has 2 aromatic heterocycles. The zero-order valence-corrected chi connectivity index (χ0v) is 18.5. The van der Waals surface area contributed by atoms with Crippen LogP contribution in [0.3, 0.4) is 0 Å². The Morgan fingerprint density at radius 2 is 1.80 bits per heavy atom. The zero-order chi connectivity index (χ0) is 24.5. The number of nitrogens with one attached hydrogen (secondary N) is 1. The van der Waals surface area contributed by atoms with E-state index < -0.39 is 10.8 Å². The number of non-ortho nitro benzene ring substituents is 1. The predicted octanol–water partition coefficient (Wildman–Crippen LogP) is 4.52. The van der Waals surface area contributed by atoms with Crippen molar-refractivity contribution in [3.63, 3.8) is 0 Å². The first kappa shape index (κ1) is 21.7. The molecule has 0 aliphatic rings. The number of nitrogens with two attached hydrogens (primary N) is 1. The van der Waals surface area contributed by atoms with E-state index in [1.54, 1.807) is 30.3 Å². The topological polar surface area (TPSA) is 141 Å². The Bertz CT molecular complexity index is 1660. The summed E-state index contributed by atoms with van der Waals surface area (Å²) in [5.74, 6) is -0.408. The van der Waals surface area contributed by atoms with Gasteiger partial charge in [0, 0.05) is 23.4 Å². The molecule has 3 aromatic carbocycles. The number of carbonyl (C=O) groups excluding carboxylic acids is 1. The third-order valence-electron chi connectivity index (χ3n) is 5.38. The summed E-state index contributed by atoms with van der Waals surface area (Å²) in [6, 6.07) is 20.7. The van der Waals surface area contributed by atoms with Gasteiger partial charge in [-0.2, -0.15) is 9.78 Å². The zero-order valence-electron chi connectivity index (χ0n) is 18.5. The molecule has 0 spiro atoms. The van der Waals surface area contributed by atoms with E-state index in [1.165, 1.54) is 23.0 Å². The van der Waals surface area contributed by atoms with Crippen LogP contribution in [-0.4, -0.2) is 31.7 Å². The van der Waals surface area contributed by atoms with Gasteiger partial charge >= 0.3 is 0 Å². The van der Waals surface area contributed by atoms with Crippen LogP contribution in [0.5, 0.6) is 0 Å². The van der Waals surface area contributed by atoms with Gasteiger partial charge in [0.05, 0.1) is 22.2 Å². The summed E-state index contributed by atoms with van der Waals surface area (Å²) in [7, 11) is 0. The van der Waals surface area contributed by atoms with Gasteiger partial charge in [0.25, 0.3) is 11.6 Å². The molecule has 0 saturated carbocycles. The summed E-state index contributed by atoms with van der Waals surface area (Å²) in [5.41, 5.74) is 10.4. The van der Waals surface area contributed by atoms with Crippen LogP contribution in [0.25, 0.3) is 22.2 Å². The fourth-order valence-corrected chi connectivity index (χ4v) is 3.75. The Morgan fingerprint density at radius 3 is 2.54 bits per heavy atom. The molecule has 10 heteroatoms. The molecule has 0 aliphatic heterocycles. The first-order valence-electron chi connectivity index (χ1n) is 10.6. The number of nitrogens with zero attached hydrogens (tertiary/aromatic N) is 5. The predicted molar refractivity (Wildman–Crippen MR) is 135 cm³/mol. The third-order valence-corrected chi connectivity index (χ3v) is 5.38. The van der Waals surface area contributed by atoms with Gasteiger partial charge in [-0.25, -0.2) is 9.97 Å². The van der Waals surface area contributed by atoms with Crippen LogP contribution < -0.4 is 11.1 Å². The molecular formula is C25H19N7O3. The van der Waals surface area contributed by atoms with Crippen molar-refractivity contribution in [1.29, 1.82) is 0 Å². The van der Waals surface area contributed by atoms with Crippen LogP contribution in [-0.2, 0) is 0 Å². The third kappa shape index (κ3) is 4.15. The van der Waals surface area contributed by atoms with Crippen molar-refractivity contribution >= 4 is 51.5 Å². The number of benzene rings is 3. The van der Waals surface area contributed by atoms with E-state index >= 15 is 0 Å². The molecule has 2 heterocycles. The quantitative estimate of drug-likeness (QED) is 0.222. The normalized spacial score (nSPS) is 11.3. The average molecular weight is 465 g/mol. The Kier molecular flexibility index (Phi) is 5.38. The van der Waals surface area contributed by atoms with Gasteiger partial charge in [0.2, 0.25) is 0 Å². The number of nitro benzene ring substituents is 1. The van der Waals surface area contributed by atoms with Crippen molar-refractivity contribution in [1.82, 2.24) is 14.6 Å². The monoisotopic (exact) mass is 465 g/mol. The minimum absolute atomic E-state index is 0.0436. The Morgan fingerprint density at radius 1 is 1.06 bits per heavy atom. The van der Waals surface area contributed by atoms with E-state index in [-0.39, 0.29) is 22.7 Å². The number of nitrogen functional groups attached to an aromatic ring is 1. The highest BCUT2D eigenvalue weighted by atomic mass is 16.6. The molecule has 10 nitrogen and oxygen atoms in total. The lowest BCUT2D eigenvalue weighted by Gasteiger charge is -2.06. The number of anilines is 2. The van der Waals surface area contributed by atoms with Crippen molar-refractivity contribution in [3.8, 4) is 0 Å². The first-order chi connectivity index (χ1) is 16.9. The lowest BCUT2D eigenvalue weighted by atomic mass is 10.2. The van der Waals surface area contributed by atoms with E-state index in [2.05, 4.69) is 20.4 Å². The van der Waals surface area contributed by atoms with Gasteiger partial charge < -0.3 is 11.1 Å². The molecule has 35 heavy (non-hydrogen) atoms. The molecule has 0 atom stereocenters. The largest absolute Gasteiger partial charge is 0.383 e. The summed E-state index contributed by atoms with van der Waals surface area (Å²) < 4.78 is 1.32. The van der Waals surface area contributed by atoms with E-state index in [4.69, 9.17) is 5.73 Å². The number of carbonyl (C=O) groups is 1. The lowest BCUT2D eigenvalue weighted by Crippen LogP contribution is -2.14. The second-order valence-corrected chi connectivity index (χ2v) is 7.88. The number of fused-ring (bicyclic) bond motifs is 2. The van der Waals surface area contributed by atoms with E-state index in [0.29, 0.717) is 27.8 Å². The van der Waals surface area contributed by atoms with Gasteiger partial charge in [0.15, 0.2) is 5.65 Å². The van der Waals surface area contributed by atoms with E-state index in [9.17, 15) is 14.9 Å². The Balaban J connectivity index is 1.65. The second kappa shape index (κ2) is 8.67. The summed E-state index contributed by atoms with van der Waals surface area (Å²) in [5, 5.41) is 18.4. The standard InChI is InChI=1S/C25H19N7O3/c1-15-6-4-8-17(12-15)28-25(33)21-22-24(30-20-11-3-2-10-19(20)29-22)31(23(21)26)27-14-16-7-5-9-18(13-16)32(34)35/h2-14H,26H2,1H3,(H,28,33)/b27-14-. The fourth-order valence-electron chi connectivity index (χ4n) is 3.75. The van der Waals surface area contributed by atoms with Crippen molar-refractivity contribution in [2.45, 2.75) is 6.92 Å². The molecule has 5 aromatic rings. The van der Waals surface area contributed by atoms with Crippen molar-refractivity contribution < 1.29 is 9.72 Å². The van der Waals surface area contributed by atoms with Crippen molar-refractivity contribution in [2.24, 2.45) is 5.10 Å². The lowest BCUT2D eigenvalue weighted by molar-refractivity contribution is -0.384. The molecule has 0 saturated heterocycles. The molecule has 172 valence electrons. The minimum Gasteiger partial charge on any atom is -0.383 e. The number of rotatable bonds is 5. The maximum absolute atomic E-state index is 13.3. The molecule has 0 unspecified atom stereocenters. The maximum Gasteiger partial charge on any atom is 0.270 e. The molecule has 5 rings (SSSR count). The minimum atomic E-state index is -0.484. The fraction of sp³-hybridized carbons (Fsp3) is 0.0400. The molecule has 0 aliphatic carbocycles. The molecule has 0 bridgehead atoms. The van der Waals surface area contributed by atoms with Crippen molar-refractivity contribution in [3.05, 3.63) is 99.6 Å². The molecule has 0 radical (unpaired) electrons. The Labute approximate surface area is 198 Å². The highest BCUT2D eigenvalue weighted by Crippen LogP contribution is 2.29. The summed E-state index contributed by atoms with van der Waals surface area (Å²) in [6.07, 6.45) is 1.42. The summed E-state index contributed by atoms with van der Waals surface area (Å²) in [6.45, 7) is 1.93. The van der Waals surface area contributed by atoms with Crippen LogP contribution in [0.4, 0.5) is 17.2 Å². The molecular weight excluding hydrogens is 446 g/mol. The second-order valence-electron chi connectivity index (χ2n) is 7.88. The number of aryl methyl sites for hydroxylation is 1. The maximum atomic E-state index is 13.3. The van der Waals surface area contributed by atoms with Crippen LogP contribution in [0.1, 0.15) is 21.5 Å². The molecule has 0 fully saturated rings. The van der Waals surface area contributed by atoms with Crippen LogP contribution in [0.15, 0.2) is 77.9 Å². The summed E-state index contributed by atoms with van der Waals surface area (Å²) in [4.78, 5) is 33.2. The van der Waals surface area contributed by atoms with Crippen LogP contribution in [0.2, 0.25) is 0 Å². The van der Waals surface area contributed by atoms with E-state index in [0.717, 1.165) is 5.56 Å². The first-order valence-corrected chi connectivity index (χ1v) is 10.6. The summed E-state index contributed by atoms with van der Waals surface area (Å²) >= 11 is 0. The molecule has 3 N–H and O–H groups in total. The van der Waals surface area contributed by atoms with Crippen LogP contribution in [0, 0.1) is 17.0 Å². The average Bonchev–Trinajstić information content (AvgIpc) is 3.11. The Hall–Kier alpha value is -5.12.